The molecule has 0 aliphatic carbocycles. The average Bonchev–Trinajstić information content (AvgIpc) is 2.18. The zero-order valence-corrected chi connectivity index (χ0v) is 9.91. The second kappa shape index (κ2) is 6.31. The van der Waals surface area contributed by atoms with E-state index >= 15 is 0 Å². The lowest BCUT2D eigenvalue weighted by atomic mass is 10.4. The van der Waals surface area contributed by atoms with Crippen LogP contribution in [0.1, 0.15) is 11.9 Å². The van der Waals surface area contributed by atoms with Gasteiger partial charge in [0, 0.05) is 34.1 Å². The predicted octanol–water partition coefficient (Wildman–Crippen LogP) is 1.88. The van der Waals surface area contributed by atoms with Crippen molar-refractivity contribution in [2.24, 2.45) is 0 Å². The molecule has 4 nitrogen and oxygen atoms in total. The topological polar surface area (TPSA) is 41.6 Å². The Morgan fingerprint density at radius 3 is 3.14 bits per heavy atom. The molecule has 0 bridgehead atoms. The largest absolute Gasteiger partial charge is 0.343 e. The van der Waals surface area contributed by atoms with Crippen molar-refractivity contribution >= 4 is 30.9 Å². The molecule has 7 heteroatoms. The van der Waals surface area contributed by atoms with Crippen molar-refractivity contribution < 1.29 is 14.6 Å². The zero-order valence-electron chi connectivity index (χ0n) is 11.5. The third kappa shape index (κ3) is 3.37. The van der Waals surface area contributed by atoms with E-state index in [1.165, 1.54) is 4.67 Å². The molecule has 1 rings (SSSR count). The maximum absolute atomic E-state index is 12.5. The molecule has 84 valence electrons. The lowest BCUT2D eigenvalue weighted by molar-refractivity contribution is 0.203. The highest BCUT2D eigenvalue weighted by Gasteiger charge is 2.33. The van der Waals surface area contributed by atoms with Crippen LogP contribution in [0.25, 0.3) is 0 Å². The summed E-state index contributed by atoms with van der Waals surface area (Å²) in [5.41, 5.74) is 0. The molecule has 1 saturated heterocycles. The second-order valence-electron chi connectivity index (χ2n) is 2.62. The van der Waals surface area contributed by atoms with E-state index < -0.39 is 26.6 Å². The third-order valence-electron chi connectivity index (χ3n) is 1.72. The summed E-state index contributed by atoms with van der Waals surface area (Å²) >= 11 is 10.9. The number of alkyl halides is 2. The summed E-state index contributed by atoms with van der Waals surface area (Å²) in [6.45, 7) is -1.95. The smallest absolute Gasteiger partial charge is 0.306 e. The Bertz CT molecular complexity index is 342. The molecular formula is C7H15Cl2N2O2P. The van der Waals surface area contributed by atoms with Gasteiger partial charge in [0.2, 0.25) is 0 Å². The summed E-state index contributed by atoms with van der Waals surface area (Å²) in [6, 6.07) is 0. The maximum Gasteiger partial charge on any atom is 0.343 e. The van der Waals surface area contributed by atoms with Gasteiger partial charge < -0.3 is 4.52 Å². The Labute approximate surface area is 100 Å². The molecule has 1 N–H and O–H groups in total. The van der Waals surface area contributed by atoms with Gasteiger partial charge in [0.05, 0.1) is 9.30 Å². The van der Waals surface area contributed by atoms with Gasteiger partial charge >= 0.3 is 7.67 Å². The average molecular weight is 265 g/mol. The van der Waals surface area contributed by atoms with Gasteiger partial charge in [-0.05, 0) is 6.42 Å². The molecule has 0 radical (unpaired) electrons. The lowest BCUT2D eigenvalue weighted by Gasteiger charge is -2.34. The molecule has 1 atom stereocenters. The van der Waals surface area contributed by atoms with Crippen LogP contribution < -0.4 is 5.09 Å². The van der Waals surface area contributed by atoms with Crippen molar-refractivity contribution in [3.8, 4) is 0 Å². The number of rotatable bonds is 5. The standard InChI is InChI=1S/C7H15Cl2N2O2P/c8-2-4-10-14(12)11(6-3-9)5-1-7-13-14/h1-7H2,(H,10,12)/t14-/m1/s1/i2D2,7D2. The highest BCUT2D eigenvalue weighted by molar-refractivity contribution is 7.54. The number of hydrogen-bond donors (Lipinski definition) is 1. The molecule has 0 amide bonds. The van der Waals surface area contributed by atoms with E-state index in [4.69, 9.17) is 33.2 Å². The van der Waals surface area contributed by atoms with Crippen LogP contribution in [-0.2, 0) is 9.09 Å². The van der Waals surface area contributed by atoms with Gasteiger partial charge in [0.15, 0.2) is 0 Å². The molecule has 0 saturated carbocycles. The van der Waals surface area contributed by atoms with Crippen molar-refractivity contribution in [1.82, 2.24) is 9.76 Å². The first kappa shape index (κ1) is 7.88. The summed E-state index contributed by atoms with van der Waals surface area (Å²) in [5, 5.41) is 2.38. The van der Waals surface area contributed by atoms with Crippen LogP contribution in [0.15, 0.2) is 0 Å². The zero-order chi connectivity index (χ0) is 14.0. The summed E-state index contributed by atoms with van der Waals surface area (Å²) in [6.07, 6.45) is 0.0727. The number of hydrogen-bond acceptors (Lipinski definition) is 2. The summed E-state index contributed by atoms with van der Waals surface area (Å²) in [4.78, 5) is 0. The third-order valence-corrected chi connectivity index (χ3v) is 4.10. The van der Waals surface area contributed by atoms with E-state index in [0.717, 1.165) is 0 Å². The molecule has 1 heterocycles. The SMILES string of the molecule is [2H]C([2H])(Cl)CN[P@@]1(=O)OC([2H])([2H])CCN1CCCl. The van der Waals surface area contributed by atoms with Crippen molar-refractivity contribution in [2.45, 2.75) is 6.42 Å². The molecular weight excluding hydrogens is 246 g/mol. The molecule has 0 aromatic heterocycles. The van der Waals surface area contributed by atoms with E-state index in [0.29, 0.717) is 0 Å². The maximum atomic E-state index is 12.5. The normalized spacial score (nSPS) is 38.1. The van der Waals surface area contributed by atoms with Crippen LogP contribution in [0.5, 0.6) is 0 Å². The first-order chi connectivity index (χ1) is 8.08. The van der Waals surface area contributed by atoms with Crippen LogP contribution in [0, 0.1) is 0 Å². The number of halogens is 2. The fraction of sp³-hybridized carbons (Fsp3) is 1.00. The second-order valence-corrected chi connectivity index (χ2v) is 5.37. The minimum absolute atomic E-state index is 0.0727. The van der Waals surface area contributed by atoms with Gasteiger partial charge in [0.25, 0.3) is 0 Å². The summed E-state index contributed by atoms with van der Waals surface area (Å²) < 4.78 is 48.1. The quantitative estimate of drug-likeness (QED) is 0.608. The fourth-order valence-electron chi connectivity index (χ4n) is 1.10. The van der Waals surface area contributed by atoms with Gasteiger partial charge in [-0.25, -0.2) is 9.76 Å². The first-order valence-electron chi connectivity index (χ1n) is 6.14. The summed E-state index contributed by atoms with van der Waals surface area (Å²) in [7, 11) is -3.66. The molecule has 0 aromatic carbocycles. The van der Waals surface area contributed by atoms with Crippen molar-refractivity contribution in [3.63, 3.8) is 0 Å². The molecule has 1 fully saturated rings. The van der Waals surface area contributed by atoms with Crippen LogP contribution in [0.2, 0.25) is 0 Å². The van der Waals surface area contributed by atoms with Gasteiger partial charge in [-0.15, -0.1) is 23.2 Å². The van der Waals surface area contributed by atoms with Gasteiger partial charge in [-0.1, -0.05) is 0 Å². The monoisotopic (exact) mass is 264 g/mol. The molecule has 0 spiro atoms. The van der Waals surface area contributed by atoms with Gasteiger partial charge in [0.1, 0.15) is 0 Å². The fourth-order valence-corrected chi connectivity index (χ4v) is 3.23. The molecule has 1 aliphatic rings. The highest BCUT2D eigenvalue weighted by atomic mass is 35.5. The van der Waals surface area contributed by atoms with Crippen LogP contribution >= 0.6 is 30.9 Å². The predicted molar refractivity (Wildman–Crippen MR) is 59.2 cm³/mol. The van der Waals surface area contributed by atoms with E-state index in [-0.39, 0.29) is 25.4 Å². The Morgan fingerprint density at radius 2 is 2.50 bits per heavy atom. The molecule has 14 heavy (non-hydrogen) atoms. The van der Waals surface area contributed by atoms with E-state index in [2.05, 4.69) is 5.09 Å². The number of nitrogens with zero attached hydrogens (tertiary/aromatic N) is 1. The van der Waals surface area contributed by atoms with Crippen molar-refractivity contribution in [1.29, 1.82) is 0 Å². The molecule has 0 aromatic rings. The number of nitrogens with one attached hydrogen (secondary N) is 1. The molecule has 1 aliphatic heterocycles. The van der Waals surface area contributed by atoms with Gasteiger partial charge in [-0.2, -0.15) is 0 Å². The Kier molecular flexibility index (Phi) is 3.55. The lowest BCUT2D eigenvalue weighted by Crippen LogP contribution is -2.36. The minimum Gasteiger partial charge on any atom is -0.306 e. The van der Waals surface area contributed by atoms with Crippen LogP contribution in [0.3, 0.4) is 0 Å². The van der Waals surface area contributed by atoms with Gasteiger partial charge in [-0.3, -0.25) is 4.57 Å². The van der Waals surface area contributed by atoms with Crippen LogP contribution in [0.4, 0.5) is 0 Å². The van der Waals surface area contributed by atoms with E-state index in [1.54, 1.807) is 0 Å². The van der Waals surface area contributed by atoms with Crippen LogP contribution in [-0.4, -0.2) is 42.6 Å². The van der Waals surface area contributed by atoms with E-state index in [9.17, 15) is 4.57 Å². The van der Waals surface area contributed by atoms with E-state index in [1.807, 2.05) is 0 Å². The Balaban J connectivity index is 2.78. The highest BCUT2D eigenvalue weighted by Crippen LogP contribution is 2.48. The van der Waals surface area contributed by atoms with Crippen molar-refractivity contribution in [2.75, 3.05) is 37.9 Å². The van der Waals surface area contributed by atoms with Crippen molar-refractivity contribution in [3.05, 3.63) is 0 Å². The summed E-state index contributed by atoms with van der Waals surface area (Å²) in [5.74, 6) is -1.87. The Hall–Kier alpha value is 0.690. The minimum atomic E-state index is -3.66. The molecule has 0 unspecified atom stereocenters. The first-order valence-corrected chi connectivity index (χ1v) is 6.63. The Morgan fingerprint density at radius 1 is 1.71 bits per heavy atom.